The van der Waals surface area contributed by atoms with E-state index in [1.54, 1.807) is 0 Å². The van der Waals surface area contributed by atoms with Crippen LogP contribution >= 0.6 is 0 Å². The number of nitrogens with one attached hydrogen (secondary N) is 1. The Morgan fingerprint density at radius 1 is 0.889 bits per heavy atom. The number of carbonyl (C=O) groups excluding carboxylic acids is 1. The molecule has 2 heterocycles. The van der Waals surface area contributed by atoms with E-state index < -0.39 is 5.41 Å². The number of anilines is 2. The van der Waals surface area contributed by atoms with Gasteiger partial charge in [0, 0.05) is 37.7 Å². The smallest absolute Gasteiger partial charge is 0.235 e. The van der Waals surface area contributed by atoms with E-state index in [2.05, 4.69) is 34.5 Å². The van der Waals surface area contributed by atoms with Crippen molar-refractivity contribution in [2.24, 2.45) is 0 Å². The van der Waals surface area contributed by atoms with Crippen LogP contribution in [0.15, 0.2) is 54.6 Å². The van der Waals surface area contributed by atoms with Gasteiger partial charge in [0.15, 0.2) is 0 Å². The molecule has 4 nitrogen and oxygen atoms in total. The highest BCUT2D eigenvalue weighted by Crippen LogP contribution is 2.36. The molecule has 2 aliphatic rings. The molecule has 2 aromatic rings. The summed E-state index contributed by atoms with van der Waals surface area (Å²) >= 11 is 0. The highest BCUT2D eigenvalue weighted by Gasteiger charge is 2.41. The van der Waals surface area contributed by atoms with Crippen LogP contribution in [0.2, 0.25) is 0 Å². The van der Waals surface area contributed by atoms with Gasteiger partial charge in [-0.1, -0.05) is 30.3 Å². The van der Waals surface area contributed by atoms with Gasteiger partial charge in [0.1, 0.15) is 0 Å². The third-order valence-electron chi connectivity index (χ3n) is 5.95. The number of benzene rings is 2. The predicted molar refractivity (Wildman–Crippen MR) is 109 cm³/mol. The lowest BCUT2D eigenvalue weighted by molar-refractivity contribution is -0.125. The summed E-state index contributed by atoms with van der Waals surface area (Å²) in [5.41, 5.74) is 2.68. The molecule has 0 unspecified atom stereocenters. The van der Waals surface area contributed by atoms with Crippen molar-refractivity contribution in [3.63, 3.8) is 0 Å². The summed E-state index contributed by atoms with van der Waals surface area (Å²) in [6, 6.07) is 18.4. The Kier molecular flexibility index (Phi) is 5.44. The van der Waals surface area contributed by atoms with Crippen LogP contribution in [0, 0.1) is 0 Å². The fourth-order valence-electron chi connectivity index (χ4n) is 4.28. The van der Waals surface area contributed by atoms with Gasteiger partial charge in [-0.15, -0.1) is 0 Å². The van der Waals surface area contributed by atoms with Gasteiger partial charge in [-0.05, 0) is 61.9 Å². The van der Waals surface area contributed by atoms with E-state index in [0.717, 1.165) is 24.3 Å². The predicted octanol–water partition coefficient (Wildman–Crippen LogP) is 4.36. The molecule has 1 N–H and O–H groups in total. The van der Waals surface area contributed by atoms with Gasteiger partial charge < -0.3 is 15.0 Å². The molecule has 27 heavy (non-hydrogen) atoms. The van der Waals surface area contributed by atoms with Crippen LogP contribution in [0.25, 0.3) is 0 Å². The maximum Gasteiger partial charge on any atom is 0.235 e. The topological polar surface area (TPSA) is 41.6 Å². The average Bonchev–Trinajstić information content (AvgIpc) is 2.76. The van der Waals surface area contributed by atoms with Crippen LogP contribution in [-0.2, 0) is 14.9 Å². The van der Waals surface area contributed by atoms with Crippen LogP contribution in [0.3, 0.4) is 0 Å². The lowest BCUT2D eigenvalue weighted by Crippen LogP contribution is -2.44. The SMILES string of the molecule is O=C(Nc1ccc(N2CCCCC2)cc1)C1(c2ccccc2)CCOCC1. The molecule has 0 bridgehead atoms. The molecule has 0 saturated carbocycles. The van der Waals surface area contributed by atoms with Gasteiger partial charge in [0.2, 0.25) is 5.91 Å². The maximum atomic E-state index is 13.3. The Morgan fingerprint density at radius 3 is 2.22 bits per heavy atom. The lowest BCUT2D eigenvalue weighted by atomic mass is 9.73. The first-order chi connectivity index (χ1) is 13.3. The summed E-state index contributed by atoms with van der Waals surface area (Å²) in [7, 11) is 0. The monoisotopic (exact) mass is 364 g/mol. The Bertz CT molecular complexity index is 746. The van der Waals surface area contributed by atoms with E-state index in [-0.39, 0.29) is 5.91 Å². The Hall–Kier alpha value is -2.33. The van der Waals surface area contributed by atoms with E-state index in [9.17, 15) is 4.79 Å². The second-order valence-electron chi connectivity index (χ2n) is 7.61. The number of piperidine rings is 1. The second-order valence-corrected chi connectivity index (χ2v) is 7.61. The molecule has 0 aliphatic carbocycles. The largest absolute Gasteiger partial charge is 0.381 e. The summed E-state index contributed by atoms with van der Waals surface area (Å²) in [5, 5.41) is 3.17. The van der Waals surface area contributed by atoms with Gasteiger partial charge >= 0.3 is 0 Å². The molecule has 0 aromatic heterocycles. The lowest BCUT2D eigenvalue weighted by Gasteiger charge is -2.36. The zero-order valence-corrected chi connectivity index (χ0v) is 15.8. The molecule has 0 atom stereocenters. The van der Waals surface area contributed by atoms with Crippen LogP contribution < -0.4 is 10.2 Å². The molecule has 2 fully saturated rings. The first-order valence-electron chi connectivity index (χ1n) is 10.1. The minimum Gasteiger partial charge on any atom is -0.381 e. The fraction of sp³-hybridized carbons (Fsp3) is 0.435. The van der Waals surface area contributed by atoms with Crippen molar-refractivity contribution in [1.82, 2.24) is 0 Å². The van der Waals surface area contributed by atoms with Crippen molar-refractivity contribution in [2.75, 3.05) is 36.5 Å². The number of rotatable bonds is 4. The standard InChI is InChI=1S/C23H28N2O2/c26-22(23(13-17-27-18-14-23)19-7-3-1-4-8-19)24-20-9-11-21(12-10-20)25-15-5-2-6-16-25/h1,3-4,7-12H,2,5-6,13-18H2,(H,24,26). The van der Waals surface area contributed by atoms with E-state index in [1.807, 2.05) is 30.3 Å². The van der Waals surface area contributed by atoms with Crippen molar-refractivity contribution in [3.8, 4) is 0 Å². The first kappa shape index (κ1) is 18.1. The van der Waals surface area contributed by atoms with Crippen molar-refractivity contribution in [2.45, 2.75) is 37.5 Å². The van der Waals surface area contributed by atoms with Crippen molar-refractivity contribution < 1.29 is 9.53 Å². The first-order valence-corrected chi connectivity index (χ1v) is 10.1. The summed E-state index contributed by atoms with van der Waals surface area (Å²) in [4.78, 5) is 15.7. The molecule has 1 amide bonds. The Morgan fingerprint density at radius 2 is 1.56 bits per heavy atom. The highest BCUT2D eigenvalue weighted by molar-refractivity contribution is 5.99. The van der Waals surface area contributed by atoms with Gasteiger partial charge in [-0.2, -0.15) is 0 Å². The molecule has 142 valence electrons. The summed E-state index contributed by atoms with van der Waals surface area (Å²) < 4.78 is 5.54. The van der Waals surface area contributed by atoms with Gasteiger partial charge in [0.25, 0.3) is 0 Å². The second kappa shape index (κ2) is 8.13. The fourth-order valence-corrected chi connectivity index (χ4v) is 4.28. The van der Waals surface area contributed by atoms with Crippen molar-refractivity contribution in [3.05, 3.63) is 60.2 Å². The molecule has 2 saturated heterocycles. The number of ether oxygens (including phenoxy) is 1. The van der Waals surface area contributed by atoms with Gasteiger partial charge in [-0.3, -0.25) is 4.79 Å². The number of hydrogen-bond acceptors (Lipinski definition) is 3. The maximum absolute atomic E-state index is 13.3. The molecule has 4 rings (SSSR count). The molecule has 0 spiro atoms. The van der Waals surface area contributed by atoms with Crippen molar-refractivity contribution in [1.29, 1.82) is 0 Å². The zero-order valence-electron chi connectivity index (χ0n) is 15.8. The van der Waals surface area contributed by atoms with E-state index in [0.29, 0.717) is 26.1 Å². The minimum atomic E-state index is -0.509. The molecule has 4 heteroatoms. The Labute approximate surface area is 161 Å². The number of hydrogen-bond donors (Lipinski definition) is 1. The Balaban J connectivity index is 1.51. The third-order valence-corrected chi connectivity index (χ3v) is 5.95. The molecule has 2 aliphatic heterocycles. The van der Waals surface area contributed by atoms with Crippen LogP contribution in [0.4, 0.5) is 11.4 Å². The molecule has 0 radical (unpaired) electrons. The van der Waals surface area contributed by atoms with Crippen molar-refractivity contribution >= 4 is 17.3 Å². The molecule has 2 aromatic carbocycles. The average molecular weight is 364 g/mol. The molecular weight excluding hydrogens is 336 g/mol. The quantitative estimate of drug-likeness (QED) is 0.876. The minimum absolute atomic E-state index is 0.0720. The normalized spacial score (nSPS) is 19.5. The van der Waals surface area contributed by atoms with E-state index in [1.165, 1.54) is 24.9 Å². The number of nitrogens with zero attached hydrogens (tertiary/aromatic N) is 1. The van der Waals surface area contributed by atoms with Gasteiger partial charge in [0.05, 0.1) is 5.41 Å². The van der Waals surface area contributed by atoms with Crippen LogP contribution in [0.5, 0.6) is 0 Å². The van der Waals surface area contributed by atoms with E-state index >= 15 is 0 Å². The summed E-state index contributed by atoms with van der Waals surface area (Å²) in [5.74, 6) is 0.0720. The van der Waals surface area contributed by atoms with Crippen LogP contribution in [0.1, 0.15) is 37.7 Å². The van der Waals surface area contributed by atoms with Gasteiger partial charge in [-0.25, -0.2) is 0 Å². The molecular formula is C23H28N2O2. The third kappa shape index (κ3) is 3.86. The van der Waals surface area contributed by atoms with Crippen LogP contribution in [-0.4, -0.2) is 32.2 Å². The zero-order chi connectivity index (χ0) is 18.5. The van der Waals surface area contributed by atoms with E-state index in [4.69, 9.17) is 4.74 Å². The highest BCUT2D eigenvalue weighted by atomic mass is 16.5. The number of amides is 1. The number of carbonyl (C=O) groups is 1. The summed E-state index contributed by atoms with van der Waals surface area (Å²) in [6.45, 7) is 3.50. The summed E-state index contributed by atoms with van der Waals surface area (Å²) in [6.07, 6.45) is 5.29.